The summed E-state index contributed by atoms with van der Waals surface area (Å²) in [5, 5.41) is 14.4. The van der Waals surface area contributed by atoms with Crippen molar-refractivity contribution in [2.24, 2.45) is 0 Å². The number of rotatable bonds is 8. The van der Waals surface area contributed by atoms with Gasteiger partial charge in [-0.2, -0.15) is 0 Å². The molecule has 1 aliphatic heterocycles. The van der Waals surface area contributed by atoms with E-state index < -0.39 is 22.8 Å². The smallest absolute Gasteiger partial charge is 0.337 e. The average molecular weight is 433 g/mol. The van der Waals surface area contributed by atoms with Gasteiger partial charge in [0.15, 0.2) is 0 Å². The van der Waals surface area contributed by atoms with Gasteiger partial charge in [0.25, 0.3) is 5.69 Å². The van der Waals surface area contributed by atoms with Gasteiger partial charge in [-0.25, -0.2) is 9.59 Å². The SMILES string of the molecule is C=CCOC(=O)C1=C(C)NC(C)=C(C(=O)OCC=C)C1c1cc([N+](=O)[O-])ccc1Cl. The first-order valence-corrected chi connectivity index (χ1v) is 9.29. The molecule has 158 valence electrons. The molecule has 1 N–H and O–H groups in total. The van der Waals surface area contributed by atoms with Gasteiger partial charge >= 0.3 is 11.9 Å². The van der Waals surface area contributed by atoms with Gasteiger partial charge in [-0.1, -0.05) is 36.9 Å². The number of hydrogen-bond donors (Lipinski definition) is 1. The molecule has 0 atom stereocenters. The summed E-state index contributed by atoms with van der Waals surface area (Å²) in [6.07, 6.45) is 2.81. The molecule has 2 rings (SSSR count). The molecule has 0 saturated carbocycles. The monoisotopic (exact) mass is 432 g/mol. The first-order valence-electron chi connectivity index (χ1n) is 8.91. The van der Waals surface area contributed by atoms with Gasteiger partial charge in [0.05, 0.1) is 22.0 Å². The number of allylic oxidation sites excluding steroid dienone is 2. The lowest BCUT2D eigenvalue weighted by molar-refractivity contribution is -0.384. The van der Waals surface area contributed by atoms with Gasteiger partial charge in [-0.3, -0.25) is 10.1 Å². The number of esters is 2. The lowest BCUT2D eigenvalue weighted by atomic mass is 9.80. The summed E-state index contributed by atoms with van der Waals surface area (Å²) in [5.74, 6) is -2.46. The standard InChI is InChI=1S/C21H21ClN2O6/c1-5-9-29-20(25)17-12(3)23-13(4)18(21(26)30-10-6-2)19(17)15-11-14(24(27)28)7-8-16(15)22/h5-8,11,19,23H,1-2,9-10H2,3-4H3. The first kappa shape index (κ1) is 22.9. The van der Waals surface area contributed by atoms with Crippen LogP contribution in [0.15, 0.2) is 66.0 Å². The minimum Gasteiger partial charge on any atom is -0.458 e. The molecule has 1 aliphatic rings. The van der Waals surface area contributed by atoms with E-state index in [2.05, 4.69) is 18.5 Å². The lowest BCUT2D eigenvalue weighted by Crippen LogP contribution is -2.32. The zero-order valence-corrected chi connectivity index (χ0v) is 17.3. The minimum absolute atomic E-state index is 0.0516. The molecule has 9 heteroatoms. The molecular formula is C21H21ClN2O6. The van der Waals surface area contributed by atoms with Gasteiger partial charge in [-0.05, 0) is 25.5 Å². The van der Waals surface area contributed by atoms with E-state index in [4.69, 9.17) is 21.1 Å². The van der Waals surface area contributed by atoms with E-state index >= 15 is 0 Å². The Morgan fingerprint density at radius 3 is 2.07 bits per heavy atom. The molecule has 1 heterocycles. The molecule has 0 aliphatic carbocycles. The third-order valence-corrected chi connectivity index (χ3v) is 4.71. The van der Waals surface area contributed by atoms with Crippen molar-refractivity contribution < 1.29 is 24.0 Å². The van der Waals surface area contributed by atoms with Crippen LogP contribution in [0, 0.1) is 10.1 Å². The lowest BCUT2D eigenvalue weighted by Gasteiger charge is -2.30. The second-order valence-corrected chi connectivity index (χ2v) is 6.78. The van der Waals surface area contributed by atoms with Gasteiger partial charge in [-0.15, -0.1) is 0 Å². The fraction of sp³-hybridized carbons (Fsp3) is 0.238. The van der Waals surface area contributed by atoms with E-state index in [-0.39, 0.29) is 40.6 Å². The number of carbonyl (C=O) groups is 2. The van der Waals surface area contributed by atoms with E-state index in [1.165, 1.54) is 30.4 Å². The van der Waals surface area contributed by atoms with Crippen molar-refractivity contribution in [3.05, 3.63) is 86.7 Å². The summed E-state index contributed by atoms with van der Waals surface area (Å²) in [4.78, 5) is 36.4. The number of halogens is 1. The molecule has 1 aromatic rings. The van der Waals surface area contributed by atoms with Crippen molar-refractivity contribution >= 4 is 29.2 Å². The van der Waals surface area contributed by atoms with Gasteiger partial charge in [0, 0.05) is 28.5 Å². The number of nitro benzene ring substituents is 1. The number of nitro groups is 1. The van der Waals surface area contributed by atoms with Gasteiger partial charge in [0.1, 0.15) is 13.2 Å². The molecular weight excluding hydrogens is 412 g/mol. The molecule has 0 aromatic heterocycles. The van der Waals surface area contributed by atoms with E-state index in [0.29, 0.717) is 11.4 Å². The number of nitrogens with one attached hydrogen (secondary N) is 1. The number of hydrogen-bond acceptors (Lipinski definition) is 7. The molecule has 30 heavy (non-hydrogen) atoms. The Morgan fingerprint density at radius 1 is 1.13 bits per heavy atom. The second kappa shape index (κ2) is 9.89. The molecule has 0 radical (unpaired) electrons. The van der Waals surface area contributed by atoms with Crippen LogP contribution < -0.4 is 5.32 Å². The van der Waals surface area contributed by atoms with Crippen molar-refractivity contribution in [2.75, 3.05) is 13.2 Å². The van der Waals surface area contributed by atoms with Crippen molar-refractivity contribution in [1.82, 2.24) is 5.32 Å². The van der Waals surface area contributed by atoms with Gasteiger partial charge < -0.3 is 14.8 Å². The highest BCUT2D eigenvalue weighted by Crippen LogP contribution is 2.43. The highest BCUT2D eigenvalue weighted by Gasteiger charge is 2.39. The normalized spacial score (nSPS) is 14.1. The van der Waals surface area contributed by atoms with Crippen LogP contribution in [0.3, 0.4) is 0 Å². The van der Waals surface area contributed by atoms with E-state index in [1.807, 2.05) is 0 Å². The predicted molar refractivity (Wildman–Crippen MR) is 112 cm³/mol. The quantitative estimate of drug-likeness (QED) is 0.287. The number of non-ortho nitro benzene ring substituents is 1. The van der Waals surface area contributed by atoms with Crippen molar-refractivity contribution in [1.29, 1.82) is 0 Å². The zero-order valence-electron chi connectivity index (χ0n) is 16.6. The van der Waals surface area contributed by atoms with Crippen LogP contribution in [-0.4, -0.2) is 30.1 Å². The highest BCUT2D eigenvalue weighted by molar-refractivity contribution is 6.31. The van der Waals surface area contributed by atoms with E-state index in [0.717, 1.165) is 0 Å². The molecule has 8 nitrogen and oxygen atoms in total. The molecule has 0 unspecified atom stereocenters. The van der Waals surface area contributed by atoms with Crippen LogP contribution in [-0.2, 0) is 19.1 Å². The van der Waals surface area contributed by atoms with Gasteiger partial charge in [0.2, 0.25) is 0 Å². The number of benzene rings is 1. The summed E-state index contributed by atoms with van der Waals surface area (Å²) in [6, 6.07) is 3.83. The molecule has 0 spiro atoms. The predicted octanol–water partition coefficient (Wildman–Crippen LogP) is 3.94. The molecule has 0 amide bonds. The van der Waals surface area contributed by atoms with Crippen LogP contribution in [0.4, 0.5) is 5.69 Å². The summed E-state index contributed by atoms with van der Waals surface area (Å²) in [5.41, 5.74) is 1.01. The summed E-state index contributed by atoms with van der Waals surface area (Å²) in [7, 11) is 0. The topological polar surface area (TPSA) is 108 Å². The van der Waals surface area contributed by atoms with E-state index in [9.17, 15) is 19.7 Å². The van der Waals surface area contributed by atoms with E-state index in [1.54, 1.807) is 13.8 Å². The van der Waals surface area contributed by atoms with Crippen LogP contribution in [0.1, 0.15) is 25.3 Å². The number of ether oxygens (including phenoxy) is 2. The Morgan fingerprint density at radius 2 is 1.63 bits per heavy atom. The maximum atomic E-state index is 12.8. The Balaban J connectivity index is 2.72. The molecule has 0 fully saturated rings. The van der Waals surface area contributed by atoms with Crippen molar-refractivity contribution in [3.63, 3.8) is 0 Å². The molecule has 1 aromatic carbocycles. The zero-order chi connectivity index (χ0) is 22.4. The minimum atomic E-state index is -1.03. The van der Waals surface area contributed by atoms with Crippen LogP contribution >= 0.6 is 11.6 Å². The highest BCUT2D eigenvalue weighted by atomic mass is 35.5. The molecule has 0 saturated heterocycles. The maximum Gasteiger partial charge on any atom is 0.337 e. The van der Waals surface area contributed by atoms with Crippen molar-refractivity contribution in [2.45, 2.75) is 19.8 Å². The Kier molecular flexibility index (Phi) is 7.54. The Bertz CT molecular complexity index is 934. The maximum absolute atomic E-state index is 12.8. The molecule has 0 bridgehead atoms. The summed E-state index contributed by atoms with van der Waals surface area (Å²) < 4.78 is 10.4. The third-order valence-electron chi connectivity index (χ3n) is 4.37. The summed E-state index contributed by atoms with van der Waals surface area (Å²) >= 11 is 6.35. The van der Waals surface area contributed by atoms with Crippen molar-refractivity contribution in [3.8, 4) is 0 Å². The largest absolute Gasteiger partial charge is 0.458 e. The third kappa shape index (κ3) is 4.77. The number of carbonyl (C=O) groups excluding carboxylic acids is 2. The Hall–Kier alpha value is -3.39. The number of nitrogens with zero attached hydrogens (tertiary/aromatic N) is 1. The second-order valence-electron chi connectivity index (χ2n) is 6.37. The average Bonchev–Trinajstić information content (AvgIpc) is 2.69. The van der Waals surface area contributed by atoms with Crippen LogP contribution in [0.25, 0.3) is 0 Å². The Labute approximate surface area is 178 Å². The van der Waals surface area contributed by atoms with Crippen LogP contribution in [0.5, 0.6) is 0 Å². The fourth-order valence-electron chi connectivity index (χ4n) is 3.14. The fourth-order valence-corrected chi connectivity index (χ4v) is 3.36. The first-order chi connectivity index (χ1) is 14.2. The number of dihydropyridines is 1. The summed E-state index contributed by atoms with van der Waals surface area (Å²) in [6.45, 7) is 10.2. The van der Waals surface area contributed by atoms with Crippen LogP contribution in [0.2, 0.25) is 5.02 Å².